The van der Waals surface area contributed by atoms with Crippen LogP contribution in [0.2, 0.25) is 0 Å². The van der Waals surface area contributed by atoms with E-state index in [2.05, 4.69) is 19.1 Å². The SMILES string of the molecule is CCC[C@H]1CC2C=C[C@@H]1C2. The number of rotatable bonds is 2. The minimum Gasteiger partial charge on any atom is -0.0851 e. The Morgan fingerprint density at radius 1 is 1.30 bits per heavy atom. The third-order valence-corrected chi connectivity index (χ3v) is 3.08. The average molecular weight is 136 g/mol. The van der Waals surface area contributed by atoms with Crippen LogP contribution in [-0.2, 0) is 0 Å². The molecule has 0 N–H and O–H groups in total. The van der Waals surface area contributed by atoms with Crippen LogP contribution in [0.3, 0.4) is 0 Å². The van der Waals surface area contributed by atoms with Crippen molar-refractivity contribution in [2.24, 2.45) is 17.8 Å². The lowest BCUT2D eigenvalue weighted by Crippen LogP contribution is -2.05. The van der Waals surface area contributed by atoms with Crippen molar-refractivity contribution in [1.29, 1.82) is 0 Å². The van der Waals surface area contributed by atoms with E-state index < -0.39 is 0 Å². The van der Waals surface area contributed by atoms with Gasteiger partial charge < -0.3 is 0 Å². The second-order valence-corrected chi connectivity index (χ2v) is 3.83. The Morgan fingerprint density at radius 3 is 2.70 bits per heavy atom. The molecule has 0 aliphatic heterocycles. The minimum atomic E-state index is 0.974. The van der Waals surface area contributed by atoms with Gasteiger partial charge in [-0.25, -0.2) is 0 Å². The molecule has 0 nitrogen and oxygen atoms in total. The Bertz CT molecular complexity index is 146. The maximum Gasteiger partial charge on any atom is -0.0199 e. The monoisotopic (exact) mass is 136 g/mol. The van der Waals surface area contributed by atoms with Crippen molar-refractivity contribution in [2.45, 2.75) is 32.6 Å². The molecule has 0 spiro atoms. The van der Waals surface area contributed by atoms with Gasteiger partial charge >= 0.3 is 0 Å². The Morgan fingerprint density at radius 2 is 2.20 bits per heavy atom. The second kappa shape index (κ2) is 2.41. The normalized spacial score (nSPS) is 43.1. The van der Waals surface area contributed by atoms with Gasteiger partial charge in [-0.2, -0.15) is 0 Å². The van der Waals surface area contributed by atoms with Gasteiger partial charge in [0.05, 0.1) is 0 Å². The largest absolute Gasteiger partial charge is 0.0851 e. The van der Waals surface area contributed by atoms with E-state index in [0.717, 1.165) is 17.8 Å². The van der Waals surface area contributed by atoms with Gasteiger partial charge in [-0.1, -0.05) is 31.9 Å². The smallest absolute Gasteiger partial charge is 0.0199 e. The Hall–Kier alpha value is -0.260. The highest BCUT2D eigenvalue weighted by atomic mass is 14.4. The highest BCUT2D eigenvalue weighted by Gasteiger charge is 2.34. The first-order valence-corrected chi connectivity index (χ1v) is 4.58. The zero-order chi connectivity index (χ0) is 6.97. The summed E-state index contributed by atoms with van der Waals surface area (Å²) in [6.07, 6.45) is 10.7. The Kier molecular flexibility index (Phi) is 1.55. The lowest BCUT2D eigenvalue weighted by molar-refractivity contribution is 0.412. The molecule has 0 radical (unpaired) electrons. The van der Waals surface area contributed by atoms with Gasteiger partial charge in [-0.3, -0.25) is 0 Å². The minimum absolute atomic E-state index is 0.974. The summed E-state index contributed by atoms with van der Waals surface area (Å²) in [5, 5.41) is 0. The van der Waals surface area contributed by atoms with Crippen molar-refractivity contribution in [2.75, 3.05) is 0 Å². The summed E-state index contributed by atoms with van der Waals surface area (Å²) in [5.74, 6) is 3.01. The molecule has 0 saturated heterocycles. The topological polar surface area (TPSA) is 0 Å². The molecule has 1 saturated carbocycles. The molecule has 1 fully saturated rings. The van der Waals surface area contributed by atoms with E-state index >= 15 is 0 Å². The number of hydrogen-bond donors (Lipinski definition) is 0. The van der Waals surface area contributed by atoms with E-state index in [-0.39, 0.29) is 0 Å². The van der Waals surface area contributed by atoms with Crippen molar-refractivity contribution < 1.29 is 0 Å². The third kappa shape index (κ3) is 0.902. The van der Waals surface area contributed by atoms with E-state index in [1.165, 1.54) is 25.7 Å². The van der Waals surface area contributed by atoms with E-state index in [0.29, 0.717) is 0 Å². The summed E-state index contributed by atoms with van der Waals surface area (Å²) < 4.78 is 0. The van der Waals surface area contributed by atoms with Crippen LogP contribution >= 0.6 is 0 Å². The lowest BCUT2D eigenvalue weighted by Gasteiger charge is -2.16. The van der Waals surface area contributed by atoms with Gasteiger partial charge in [0.15, 0.2) is 0 Å². The molecule has 0 amide bonds. The van der Waals surface area contributed by atoms with E-state index in [1.54, 1.807) is 0 Å². The summed E-state index contributed by atoms with van der Waals surface area (Å²) in [5.41, 5.74) is 0. The van der Waals surface area contributed by atoms with Crippen molar-refractivity contribution in [3.8, 4) is 0 Å². The molecule has 2 aliphatic rings. The summed E-state index contributed by atoms with van der Waals surface area (Å²) in [6, 6.07) is 0. The molecule has 1 unspecified atom stereocenters. The molecule has 2 aliphatic carbocycles. The predicted octanol–water partition coefficient (Wildman–Crippen LogP) is 3.00. The summed E-state index contributed by atoms with van der Waals surface area (Å²) in [7, 11) is 0. The Labute approximate surface area is 63.3 Å². The van der Waals surface area contributed by atoms with Gasteiger partial charge in [0.2, 0.25) is 0 Å². The van der Waals surface area contributed by atoms with Crippen molar-refractivity contribution in [3.63, 3.8) is 0 Å². The zero-order valence-corrected chi connectivity index (χ0v) is 6.72. The summed E-state index contributed by atoms with van der Waals surface area (Å²) in [4.78, 5) is 0. The summed E-state index contributed by atoms with van der Waals surface area (Å²) in [6.45, 7) is 2.30. The van der Waals surface area contributed by atoms with E-state index in [9.17, 15) is 0 Å². The first-order chi connectivity index (χ1) is 4.90. The molecule has 3 atom stereocenters. The number of allylic oxidation sites excluding steroid dienone is 2. The van der Waals surface area contributed by atoms with Crippen LogP contribution in [-0.4, -0.2) is 0 Å². The first-order valence-electron chi connectivity index (χ1n) is 4.58. The highest BCUT2D eigenvalue weighted by Crippen LogP contribution is 2.45. The molecular weight excluding hydrogens is 120 g/mol. The van der Waals surface area contributed by atoms with Crippen LogP contribution in [0.1, 0.15) is 32.6 Å². The molecule has 0 aromatic carbocycles. The van der Waals surface area contributed by atoms with Gasteiger partial charge in [-0.15, -0.1) is 0 Å². The molecule has 0 heterocycles. The molecule has 0 heteroatoms. The first kappa shape index (κ1) is 6.45. The fourth-order valence-electron chi connectivity index (χ4n) is 2.60. The number of fused-ring (bicyclic) bond motifs is 2. The fraction of sp³-hybridized carbons (Fsp3) is 0.800. The van der Waals surface area contributed by atoms with Crippen molar-refractivity contribution in [1.82, 2.24) is 0 Å². The molecular formula is C10H16. The predicted molar refractivity (Wildman–Crippen MR) is 43.8 cm³/mol. The van der Waals surface area contributed by atoms with Gasteiger partial charge in [0.25, 0.3) is 0 Å². The van der Waals surface area contributed by atoms with Gasteiger partial charge in [-0.05, 0) is 30.6 Å². The Balaban J connectivity index is 1.96. The zero-order valence-electron chi connectivity index (χ0n) is 6.72. The maximum atomic E-state index is 2.45. The lowest BCUT2D eigenvalue weighted by atomic mass is 9.90. The summed E-state index contributed by atoms with van der Waals surface area (Å²) >= 11 is 0. The number of hydrogen-bond acceptors (Lipinski definition) is 0. The highest BCUT2D eigenvalue weighted by molar-refractivity contribution is 5.09. The van der Waals surface area contributed by atoms with Gasteiger partial charge in [0, 0.05) is 0 Å². The second-order valence-electron chi connectivity index (χ2n) is 3.83. The van der Waals surface area contributed by atoms with E-state index in [4.69, 9.17) is 0 Å². The molecule has 2 rings (SSSR count). The molecule has 0 aromatic rings. The van der Waals surface area contributed by atoms with Crippen LogP contribution < -0.4 is 0 Å². The van der Waals surface area contributed by atoms with Gasteiger partial charge in [0.1, 0.15) is 0 Å². The van der Waals surface area contributed by atoms with Crippen LogP contribution in [0.25, 0.3) is 0 Å². The fourth-order valence-corrected chi connectivity index (χ4v) is 2.60. The maximum absolute atomic E-state index is 2.45. The molecule has 56 valence electrons. The molecule has 2 bridgehead atoms. The molecule has 0 aromatic heterocycles. The van der Waals surface area contributed by atoms with Crippen molar-refractivity contribution in [3.05, 3.63) is 12.2 Å². The van der Waals surface area contributed by atoms with Crippen LogP contribution in [0, 0.1) is 17.8 Å². The molecule has 10 heavy (non-hydrogen) atoms. The standard InChI is InChI=1S/C10H16/c1-2-3-9-6-8-4-5-10(9)7-8/h4-5,8-10H,2-3,6-7H2,1H3/t8?,9-,10+/m0/s1. The third-order valence-electron chi connectivity index (χ3n) is 3.08. The van der Waals surface area contributed by atoms with E-state index in [1.807, 2.05) is 0 Å². The quantitative estimate of drug-likeness (QED) is 0.512. The van der Waals surface area contributed by atoms with Crippen LogP contribution in [0.5, 0.6) is 0 Å². The van der Waals surface area contributed by atoms with Crippen molar-refractivity contribution >= 4 is 0 Å². The van der Waals surface area contributed by atoms with Crippen LogP contribution in [0.15, 0.2) is 12.2 Å². The average Bonchev–Trinajstić information content (AvgIpc) is 2.48. The van der Waals surface area contributed by atoms with Crippen LogP contribution in [0.4, 0.5) is 0 Å².